The lowest BCUT2D eigenvalue weighted by atomic mass is 9.96. The summed E-state index contributed by atoms with van der Waals surface area (Å²) in [4.78, 5) is 12.4. The summed E-state index contributed by atoms with van der Waals surface area (Å²) >= 11 is 6.23. The third-order valence-corrected chi connectivity index (χ3v) is 7.00. The molecule has 0 spiro atoms. The van der Waals surface area contributed by atoms with E-state index in [2.05, 4.69) is 29.1 Å². The number of amides is 1. The molecule has 1 amide bonds. The van der Waals surface area contributed by atoms with Crippen LogP contribution in [0.1, 0.15) is 35.2 Å². The molecule has 1 atom stereocenters. The van der Waals surface area contributed by atoms with Crippen LogP contribution in [0.2, 0.25) is 5.02 Å². The summed E-state index contributed by atoms with van der Waals surface area (Å²) in [6.45, 7) is 7.78. The molecule has 0 radical (unpaired) electrons. The predicted molar refractivity (Wildman–Crippen MR) is 131 cm³/mol. The Balaban J connectivity index is 1.62. The molecule has 33 heavy (non-hydrogen) atoms. The first-order chi connectivity index (χ1) is 15.6. The molecule has 2 N–H and O–H groups in total. The summed E-state index contributed by atoms with van der Waals surface area (Å²) in [7, 11) is -3.81. The second-order valence-electron chi connectivity index (χ2n) is 7.93. The highest BCUT2D eigenvalue weighted by molar-refractivity contribution is 7.92. The van der Waals surface area contributed by atoms with Gasteiger partial charge < -0.3 is 10.1 Å². The molecule has 3 rings (SSSR count). The van der Waals surface area contributed by atoms with Crippen LogP contribution in [0, 0.1) is 20.8 Å². The molecule has 0 aliphatic carbocycles. The maximum Gasteiger partial charge on any atom is 0.261 e. The molecule has 8 heteroatoms. The van der Waals surface area contributed by atoms with Gasteiger partial charge >= 0.3 is 0 Å². The Morgan fingerprint density at radius 3 is 2.30 bits per heavy atom. The maximum atomic E-state index is 12.6. The Morgan fingerprint density at radius 1 is 0.970 bits per heavy atom. The number of nitrogens with one attached hydrogen (secondary N) is 2. The molecular formula is C25H27ClN2O4S. The van der Waals surface area contributed by atoms with E-state index in [9.17, 15) is 13.2 Å². The fourth-order valence-electron chi connectivity index (χ4n) is 3.44. The number of sulfonamides is 1. The lowest BCUT2D eigenvalue weighted by Gasteiger charge is -2.19. The molecule has 0 fully saturated rings. The number of aryl methyl sites for hydroxylation is 3. The summed E-state index contributed by atoms with van der Waals surface area (Å²) in [6.07, 6.45) is 0. The Hall–Kier alpha value is -3.03. The average molecular weight is 487 g/mol. The molecule has 3 aromatic carbocycles. The zero-order valence-electron chi connectivity index (χ0n) is 19.0. The van der Waals surface area contributed by atoms with Crippen LogP contribution in [0.5, 0.6) is 5.75 Å². The summed E-state index contributed by atoms with van der Waals surface area (Å²) < 4.78 is 33.2. The zero-order valence-corrected chi connectivity index (χ0v) is 20.5. The normalized spacial score (nSPS) is 12.2. The van der Waals surface area contributed by atoms with Crippen molar-refractivity contribution in [3.63, 3.8) is 0 Å². The van der Waals surface area contributed by atoms with Crippen LogP contribution >= 0.6 is 11.6 Å². The standard InChI is InChI=1S/C25H27ClN2O4S/c1-16-12-18(3)22(13-17(16)2)19(4)27-25(29)15-32-24-11-10-21(14-23(24)26)33(30,31)28-20-8-6-5-7-9-20/h5-14,19,28H,15H2,1-4H3,(H,27,29)/t19-/m0/s1. The van der Waals surface area contributed by atoms with E-state index in [-0.39, 0.29) is 34.2 Å². The first-order valence-corrected chi connectivity index (χ1v) is 12.3. The number of anilines is 1. The Bertz CT molecular complexity index is 1260. The van der Waals surface area contributed by atoms with Crippen molar-refractivity contribution in [3.8, 4) is 5.75 Å². The van der Waals surface area contributed by atoms with Gasteiger partial charge in [0.25, 0.3) is 15.9 Å². The Morgan fingerprint density at radius 2 is 1.64 bits per heavy atom. The van der Waals surface area contributed by atoms with Crippen molar-refractivity contribution in [2.45, 2.75) is 38.6 Å². The highest BCUT2D eigenvalue weighted by Gasteiger charge is 2.18. The second-order valence-corrected chi connectivity index (χ2v) is 10.0. The molecule has 0 saturated heterocycles. The van der Waals surface area contributed by atoms with Crippen LogP contribution in [0.3, 0.4) is 0 Å². The number of benzene rings is 3. The number of ether oxygens (including phenoxy) is 1. The second kappa shape index (κ2) is 10.3. The van der Waals surface area contributed by atoms with Gasteiger partial charge in [0, 0.05) is 5.69 Å². The highest BCUT2D eigenvalue weighted by Crippen LogP contribution is 2.28. The summed E-state index contributed by atoms with van der Waals surface area (Å²) in [5.41, 5.74) is 4.97. The van der Waals surface area contributed by atoms with Gasteiger partial charge in [-0.05, 0) is 80.3 Å². The van der Waals surface area contributed by atoms with Crippen molar-refractivity contribution in [2.24, 2.45) is 0 Å². The van der Waals surface area contributed by atoms with Crippen LogP contribution in [-0.2, 0) is 14.8 Å². The van der Waals surface area contributed by atoms with Crippen molar-refractivity contribution >= 4 is 33.2 Å². The SMILES string of the molecule is Cc1cc(C)c([C@H](C)NC(=O)COc2ccc(S(=O)(=O)Nc3ccccc3)cc2Cl)cc1C. The summed E-state index contributed by atoms with van der Waals surface area (Å²) in [5, 5.41) is 3.02. The van der Waals surface area contributed by atoms with E-state index >= 15 is 0 Å². The number of hydrogen-bond acceptors (Lipinski definition) is 4. The zero-order chi connectivity index (χ0) is 24.2. The molecule has 0 aromatic heterocycles. The van der Waals surface area contributed by atoms with E-state index in [1.807, 2.05) is 20.8 Å². The monoisotopic (exact) mass is 486 g/mol. The largest absolute Gasteiger partial charge is 0.482 e. The third kappa shape index (κ3) is 6.27. The van der Waals surface area contributed by atoms with Crippen molar-refractivity contribution in [1.82, 2.24) is 5.32 Å². The Kier molecular flexibility index (Phi) is 7.66. The smallest absolute Gasteiger partial charge is 0.261 e. The van der Waals surface area contributed by atoms with Gasteiger partial charge in [-0.1, -0.05) is 41.9 Å². The van der Waals surface area contributed by atoms with Crippen LogP contribution in [-0.4, -0.2) is 20.9 Å². The van der Waals surface area contributed by atoms with Crippen LogP contribution in [0.25, 0.3) is 0 Å². The third-order valence-electron chi connectivity index (χ3n) is 5.32. The Labute approximate surface area is 200 Å². The van der Waals surface area contributed by atoms with Crippen molar-refractivity contribution < 1.29 is 17.9 Å². The summed E-state index contributed by atoms with van der Waals surface area (Å²) in [5.74, 6) is -0.0841. The number of carbonyl (C=O) groups excluding carboxylic acids is 1. The topological polar surface area (TPSA) is 84.5 Å². The molecule has 3 aromatic rings. The van der Waals surface area contributed by atoms with E-state index in [0.717, 1.165) is 16.7 Å². The van der Waals surface area contributed by atoms with Gasteiger partial charge in [0.15, 0.2) is 6.61 Å². The van der Waals surface area contributed by atoms with Crippen LogP contribution < -0.4 is 14.8 Å². The lowest BCUT2D eigenvalue weighted by molar-refractivity contribution is -0.123. The molecule has 0 unspecified atom stereocenters. The van der Waals surface area contributed by atoms with Gasteiger partial charge in [0.1, 0.15) is 5.75 Å². The molecule has 0 bridgehead atoms. The van der Waals surface area contributed by atoms with E-state index in [1.54, 1.807) is 30.3 Å². The van der Waals surface area contributed by atoms with Crippen molar-refractivity contribution in [3.05, 3.63) is 87.9 Å². The molecule has 174 valence electrons. The molecule has 0 aliphatic rings. The first-order valence-electron chi connectivity index (χ1n) is 10.4. The molecule has 0 saturated carbocycles. The van der Waals surface area contributed by atoms with Gasteiger partial charge in [-0.25, -0.2) is 8.42 Å². The number of rotatable bonds is 8. The lowest BCUT2D eigenvalue weighted by Crippen LogP contribution is -2.31. The molecular weight excluding hydrogens is 460 g/mol. The number of halogens is 1. The highest BCUT2D eigenvalue weighted by atomic mass is 35.5. The van der Waals surface area contributed by atoms with E-state index in [4.69, 9.17) is 16.3 Å². The van der Waals surface area contributed by atoms with Gasteiger partial charge in [-0.2, -0.15) is 0 Å². The van der Waals surface area contributed by atoms with Crippen molar-refractivity contribution in [2.75, 3.05) is 11.3 Å². The number of para-hydroxylation sites is 1. The maximum absolute atomic E-state index is 12.6. The van der Waals surface area contributed by atoms with Crippen LogP contribution in [0.15, 0.2) is 65.6 Å². The minimum absolute atomic E-state index is 0.00741. The molecule has 6 nitrogen and oxygen atoms in total. The quantitative estimate of drug-likeness (QED) is 0.451. The average Bonchev–Trinajstić information content (AvgIpc) is 2.75. The fourth-order valence-corrected chi connectivity index (χ4v) is 4.82. The van der Waals surface area contributed by atoms with E-state index < -0.39 is 10.0 Å². The predicted octanol–water partition coefficient (Wildman–Crippen LogP) is 5.32. The first kappa shape index (κ1) is 24.6. The van der Waals surface area contributed by atoms with Crippen molar-refractivity contribution in [1.29, 1.82) is 0 Å². The van der Waals surface area contributed by atoms with Crippen LogP contribution in [0.4, 0.5) is 5.69 Å². The molecule has 0 aliphatic heterocycles. The summed E-state index contributed by atoms with van der Waals surface area (Å²) in [6, 6.07) is 16.7. The van der Waals surface area contributed by atoms with Gasteiger partial charge in [-0.3, -0.25) is 9.52 Å². The molecule has 0 heterocycles. The fraction of sp³-hybridized carbons (Fsp3) is 0.240. The number of hydrogen-bond donors (Lipinski definition) is 2. The van der Waals surface area contributed by atoms with Gasteiger partial charge in [0.2, 0.25) is 0 Å². The van der Waals surface area contributed by atoms with E-state index in [0.29, 0.717) is 5.69 Å². The van der Waals surface area contributed by atoms with Gasteiger partial charge in [0.05, 0.1) is 16.0 Å². The van der Waals surface area contributed by atoms with E-state index in [1.165, 1.54) is 23.8 Å². The number of carbonyl (C=O) groups is 1. The van der Waals surface area contributed by atoms with Gasteiger partial charge in [-0.15, -0.1) is 0 Å². The minimum atomic E-state index is -3.81. The minimum Gasteiger partial charge on any atom is -0.482 e.